The highest BCUT2D eigenvalue weighted by Crippen LogP contribution is 2.28. The molecule has 0 bridgehead atoms. The molecule has 4 rings (SSSR count). The number of methoxy groups -OCH3 is 1. The number of carbonyl (C=O) groups excluding carboxylic acids is 2. The topological polar surface area (TPSA) is 81.9 Å². The predicted octanol–water partition coefficient (Wildman–Crippen LogP) is 3.61. The minimum Gasteiger partial charge on any atom is -0.496 e. The van der Waals surface area contributed by atoms with Gasteiger partial charge in [0.2, 0.25) is 0 Å². The standard InChI is InChI=1S/C27H28N2O4/c1-19-10-12-21(13-11-19)22-7-5-6-20(16-22)17-27(26(28)31)18-29(14-15-33-27)25(30)23-8-3-4-9-24(23)32-2/h3-13,16H,14-15,17-18H2,1-2H3,(H2,28,31)/t27-/m0/s1. The molecule has 3 aromatic carbocycles. The predicted molar refractivity (Wildman–Crippen MR) is 127 cm³/mol. The highest BCUT2D eigenvalue weighted by Gasteiger charge is 2.44. The van der Waals surface area contributed by atoms with Gasteiger partial charge in [-0.1, -0.05) is 66.2 Å². The number of hydrogen-bond donors (Lipinski definition) is 1. The molecule has 6 nitrogen and oxygen atoms in total. The van der Waals surface area contributed by atoms with E-state index in [1.165, 1.54) is 12.7 Å². The number of aryl methyl sites for hydroxylation is 1. The molecule has 1 fully saturated rings. The van der Waals surface area contributed by atoms with Gasteiger partial charge in [0.25, 0.3) is 11.8 Å². The van der Waals surface area contributed by atoms with E-state index >= 15 is 0 Å². The molecule has 1 aliphatic rings. The summed E-state index contributed by atoms with van der Waals surface area (Å²) in [6.07, 6.45) is 0.276. The van der Waals surface area contributed by atoms with E-state index in [1.54, 1.807) is 23.1 Å². The number of nitrogens with zero attached hydrogens (tertiary/aromatic N) is 1. The van der Waals surface area contributed by atoms with Gasteiger partial charge in [-0.2, -0.15) is 0 Å². The third-order valence-corrected chi connectivity index (χ3v) is 6.06. The average molecular weight is 445 g/mol. The number of hydrogen-bond acceptors (Lipinski definition) is 4. The molecule has 1 saturated heterocycles. The summed E-state index contributed by atoms with van der Waals surface area (Å²) in [4.78, 5) is 27.5. The monoisotopic (exact) mass is 444 g/mol. The second-order valence-electron chi connectivity index (χ2n) is 8.38. The van der Waals surface area contributed by atoms with Crippen LogP contribution in [0.25, 0.3) is 11.1 Å². The van der Waals surface area contributed by atoms with Crippen LogP contribution in [0.15, 0.2) is 72.8 Å². The number of rotatable bonds is 6. The molecule has 2 amide bonds. The number of amides is 2. The molecular formula is C27H28N2O4. The van der Waals surface area contributed by atoms with Crippen molar-refractivity contribution in [2.24, 2.45) is 5.73 Å². The Labute approximate surface area is 193 Å². The van der Waals surface area contributed by atoms with Crippen LogP contribution in [0, 0.1) is 6.92 Å². The van der Waals surface area contributed by atoms with Gasteiger partial charge in [-0.25, -0.2) is 0 Å². The molecule has 0 radical (unpaired) electrons. The summed E-state index contributed by atoms with van der Waals surface area (Å²) < 4.78 is 11.3. The van der Waals surface area contributed by atoms with Gasteiger partial charge >= 0.3 is 0 Å². The molecule has 0 saturated carbocycles. The highest BCUT2D eigenvalue weighted by atomic mass is 16.5. The molecule has 33 heavy (non-hydrogen) atoms. The Hall–Kier alpha value is -3.64. The third kappa shape index (κ3) is 4.76. The van der Waals surface area contributed by atoms with Crippen molar-refractivity contribution in [3.63, 3.8) is 0 Å². The van der Waals surface area contributed by atoms with Gasteiger partial charge in [0.1, 0.15) is 5.75 Å². The van der Waals surface area contributed by atoms with Crippen molar-refractivity contribution in [1.82, 2.24) is 4.90 Å². The minimum absolute atomic E-state index is 0.0774. The molecule has 0 aromatic heterocycles. The van der Waals surface area contributed by atoms with Gasteiger partial charge in [0, 0.05) is 13.0 Å². The largest absolute Gasteiger partial charge is 0.496 e. The summed E-state index contributed by atoms with van der Waals surface area (Å²) in [5, 5.41) is 0. The lowest BCUT2D eigenvalue weighted by atomic mass is 9.90. The van der Waals surface area contributed by atoms with Crippen molar-refractivity contribution in [2.75, 3.05) is 26.8 Å². The molecule has 170 valence electrons. The van der Waals surface area contributed by atoms with Gasteiger partial charge in [0.05, 0.1) is 25.8 Å². The van der Waals surface area contributed by atoms with E-state index < -0.39 is 11.5 Å². The van der Waals surface area contributed by atoms with Crippen molar-refractivity contribution in [1.29, 1.82) is 0 Å². The smallest absolute Gasteiger partial charge is 0.257 e. The Morgan fingerprint density at radius 1 is 1.03 bits per heavy atom. The molecule has 0 aliphatic carbocycles. The maximum Gasteiger partial charge on any atom is 0.257 e. The molecule has 2 N–H and O–H groups in total. The molecule has 1 aliphatic heterocycles. The van der Waals surface area contributed by atoms with Crippen LogP contribution in [0.5, 0.6) is 5.75 Å². The van der Waals surface area contributed by atoms with Crippen molar-refractivity contribution < 1.29 is 19.1 Å². The van der Waals surface area contributed by atoms with E-state index in [0.717, 1.165) is 16.7 Å². The van der Waals surface area contributed by atoms with Crippen molar-refractivity contribution in [3.05, 3.63) is 89.5 Å². The zero-order chi connectivity index (χ0) is 23.4. The number of morpholine rings is 1. The maximum absolute atomic E-state index is 13.2. The van der Waals surface area contributed by atoms with Crippen LogP contribution in [-0.4, -0.2) is 49.1 Å². The Bertz CT molecular complexity index is 1160. The van der Waals surface area contributed by atoms with Gasteiger partial charge in [-0.05, 0) is 35.7 Å². The lowest BCUT2D eigenvalue weighted by molar-refractivity contribution is -0.153. The van der Waals surface area contributed by atoms with Crippen LogP contribution in [0.4, 0.5) is 0 Å². The minimum atomic E-state index is -1.30. The first-order valence-electron chi connectivity index (χ1n) is 10.9. The second-order valence-corrected chi connectivity index (χ2v) is 8.38. The van der Waals surface area contributed by atoms with Gasteiger partial charge in [-0.3, -0.25) is 9.59 Å². The molecule has 0 spiro atoms. The van der Waals surface area contributed by atoms with Crippen LogP contribution in [0.3, 0.4) is 0 Å². The Kier molecular flexibility index (Phi) is 6.47. The number of primary amides is 1. The summed E-state index contributed by atoms with van der Waals surface area (Å²) in [6, 6.07) is 23.3. The molecule has 1 heterocycles. The SMILES string of the molecule is COc1ccccc1C(=O)N1CCO[C@](Cc2cccc(-c3ccc(C)cc3)c2)(C(N)=O)C1. The van der Waals surface area contributed by atoms with Gasteiger partial charge in [-0.15, -0.1) is 0 Å². The van der Waals surface area contributed by atoms with E-state index in [1.807, 2.05) is 30.3 Å². The lowest BCUT2D eigenvalue weighted by Gasteiger charge is -2.41. The maximum atomic E-state index is 13.2. The molecule has 6 heteroatoms. The fourth-order valence-corrected chi connectivity index (χ4v) is 4.23. The summed E-state index contributed by atoms with van der Waals surface area (Å²) >= 11 is 0. The number of ether oxygens (including phenoxy) is 2. The van der Waals surface area contributed by atoms with E-state index in [9.17, 15) is 9.59 Å². The van der Waals surface area contributed by atoms with E-state index in [4.69, 9.17) is 15.2 Å². The number of nitrogens with two attached hydrogens (primary N) is 1. The summed E-state index contributed by atoms with van der Waals surface area (Å²) in [7, 11) is 1.53. The number of carbonyl (C=O) groups is 2. The van der Waals surface area contributed by atoms with Gasteiger partial charge < -0.3 is 20.1 Å². The summed E-state index contributed by atoms with van der Waals surface area (Å²) in [6.45, 7) is 2.72. The molecule has 0 unspecified atom stereocenters. The Balaban J connectivity index is 1.60. The fourth-order valence-electron chi connectivity index (χ4n) is 4.23. The van der Waals surface area contributed by atoms with E-state index in [-0.39, 0.29) is 25.5 Å². The first kappa shape index (κ1) is 22.6. The van der Waals surface area contributed by atoms with Crippen molar-refractivity contribution in [2.45, 2.75) is 18.9 Å². The zero-order valence-electron chi connectivity index (χ0n) is 18.9. The first-order chi connectivity index (χ1) is 15.9. The summed E-state index contributed by atoms with van der Waals surface area (Å²) in [5.41, 5.74) is 9.23. The first-order valence-corrected chi connectivity index (χ1v) is 10.9. The lowest BCUT2D eigenvalue weighted by Crippen LogP contribution is -2.61. The normalized spacial score (nSPS) is 18.1. The average Bonchev–Trinajstić information content (AvgIpc) is 2.84. The van der Waals surface area contributed by atoms with Crippen LogP contribution in [0.2, 0.25) is 0 Å². The summed E-state index contributed by atoms with van der Waals surface area (Å²) in [5.74, 6) is -0.306. The highest BCUT2D eigenvalue weighted by molar-refractivity contribution is 5.97. The number of benzene rings is 3. The molecular weight excluding hydrogens is 416 g/mol. The van der Waals surface area contributed by atoms with Gasteiger partial charge in [0.15, 0.2) is 5.60 Å². The molecule has 1 atom stereocenters. The Morgan fingerprint density at radius 2 is 1.79 bits per heavy atom. The van der Waals surface area contributed by atoms with Crippen LogP contribution >= 0.6 is 0 Å². The fraction of sp³-hybridized carbons (Fsp3) is 0.259. The quantitative estimate of drug-likeness (QED) is 0.630. The van der Waals surface area contributed by atoms with E-state index in [0.29, 0.717) is 17.9 Å². The third-order valence-electron chi connectivity index (χ3n) is 6.06. The number of para-hydroxylation sites is 1. The second kappa shape index (κ2) is 9.46. The molecule has 3 aromatic rings. The van der Waals surface area contributed by atoms with Crippen LogP contribution in [0.1, 0.15) is 21.5 Å². The van der Waals surface area contributed by atoms with Crippen LogP contribution in [-0.2, 0) is 16.0 Å². The van der Waals surface area contributed by atoms with Crippen molar-refractivity contribution in [3.8, 4) is 16.9 Å². The zero-order valence-corrected chi connectivity index (χ0v) is 18.9. The Morgan fingerprint density at radius 3 is 2.52 bits per heavy atom. The van der Waals surface area contributed by atoms with Crippen LogP contribution < -0.4 is 10.5 Å². The van der Waals surface area contributed by atoms with E-state index in [2.05, 4.69) is 31.2 Å². The van der Waals surface area contributed by atoms with Crippen molar-refractivity contribution >= 4 is 11.8 Å².